The van der Waals surface area contributed by atoms with Crippen LogP contribution in [0.2, 0.25) is 0 Å². The van der Waals surface area contributed by atoms with Crippen LogP contribution in [0.5, 0.6) is 17.2 Å². The minimum atomic E-state index is -0.328. The first-order valence-corrected chi connectivity index (χ1v) is 16.1. The van der Waals surface area contributed by atoms with Crippen LogP contribution in [0.4, 0.5) is 0 Å². The number of aromatic nitrogens is 3. The predicted octanol–water partition coefficient (Wildman–Crippen LogP) is 5.58. The summed E-state index contributed by atoms with van der Waals surface area (Å²) in [6.07, 6.45) is 4.57. The van der Waals surface area contributed by atoms with Crippen molar-refractivity contribution in [2.45, 2.75) is 32.7 Å². The molecule has 3 aromatic carbocycles. The third-order valence-electron chi connectivity index (χ3n) is 8.94. The molecule has 1 unspecified atom stereocenters. The molecule has 8 rings (SSSR count). The standard InChI is InChI=1S/C37H37N5O6/c1-24-34(25(2)48-39-24)37(44)41-16-14-26-20-30-12-13-31(26)35(41)27-8-6-9-29(21-27)46-18-7-15-40(17-19-47-30)36(43)28-22-38-42(23-28)32-10-4-5-11-33(32)45-3/h4-6,8-13,20-23,35H,7,14-19H2,1-3H3. The zero-order valence-electron chi connectivity index (χ0n) is 27.2. The van der Waals surface area contributed by atoms with E-state index in [0.29, 0.717) is 79.8 Å². The molecule has 0 saturated carbocycles. The Morgan fingerprint density at radius 1 is 0.896 bits per heavy atom. The Bertz CT molecular complexity index is 1950. The molecule has 2 amide bonds. The number of benzene rings is 3. The first-order valence-electron chi connectivity index (χ1n) is 16.1. The van der Waals surface area contributed by atoms with Gasteiger partial charge in [0.1, 0.15) is 40.9 Å². The summed E-state index contributed by atoms with van der Waals surface area (Å²) in [5.74, 6) is 2.34. The third-order valence-corrected chi connectivity index (χ3v) is 8.94. The van der Waals surface area contributed by atoms with Gasteiger partial charge >= 0.3 is 0 Å². The summed E-state index contributed by atoms with van der Waals surface area (Å²) in [6.45, 7) is 5.64. The Kier molecular flexibility index (Phi) is 8.58. The molecule has 11 nitrogen and oxygen atoms in total. The van der Waals surface area contributed by atoms with Gasteiger partial charge in [-0.3, -0.25) is 9.59 Å². The molecular formula is C37H37N5O6. The van der Waals surface area contributed by atoms with Gasteiger partial charge in [-0.15, -0.1) is 0 Å². The first-order chi connectivity index (χ1) is 23.4. The largest absolute Gasteiger partial charge is 0.494 e. The van der Waals surface area contributed by atoms with Crippen molar-refractivity contribution in [3.05, 3.63) is 118 Å². The molecule has 0 radical (unpaired) electrons. The maximum atomic E-state index is 14.0. The van der Waals surface area contributed by atoms with E-state index in [1.54, 1.807) is 42.9 Å². The molecule has 2 aromatic heterocycles. The number of aryl methyl sites for hydroxylation is 2. The number of methoxy groups -OCH3 is 1. The van der Waals surface area contributed by atoms with Crippen LogP contribution in [0.1, 0.15) is 61.3 Å². The lowest BCUT2D eigenvalue weighted by Gasteiger charge is -2.38. The monoisotopic (exact) mass is 647 g/mol. The maximum absolute atomic E-state index is 14.0. The smallest absolute Gasteiger partial charge is 0.260 e. The Balaban J connectivity index is 1.16. The number of amides is 2. The van der Waals surface area contributed by atoms with Gasteiger partial charge in [0.25, 0.3) is 11.8 Å². The Labute approximate surface area is 278 Å². The summed E-state index contributed by atoms with van der Waals surface area (Å²) in [5, 5.41) is 8.48. The van der Waals surface area contributed by atoms with Gasteiger partial charge < -0.3 is 28.5 Å². The fraction of sp³-hybridized carbons (Fsp3) is 0.297. The Morgan fingerprint density at radius 3 is 2.56 bits per heavy atom. The average molecular weight is 648 g/mol. The van der Waals surface area contributed by atoms with E-state index in [0.717, 1.165) is 28.1 Å². The molecule has 5 heterocycles. The van der Waals surface area contributed by atoms with Gasteiger partial charge in [0.2, 0.25) is 0 Å². The topological polar surface area (TPSA) is 112 Å². The van der Waals surface area contributed by atoms with Crippen molar-refractivity contribution in [1.29, 1.82) is 0 Å². The molecule has 11 heteroatoms. The molecule has 246 valence electrons. The quantitative estimate of drug-likeness (QED) is 0.249. The summed E-state index contributed by atoms with van der Waals surface area (Å²) in [5.41, 5.74) is 5.38. The highest BCUT2D eigenvalue weighted by molar-refractivity contribution is 5.97. The van der Waals surface area contributed by atoms with Crippen molar-refractivity contribution in [3.8, 4) is 22.9 Å². The average Bonchev–Trinajstić information content (AvgIpc) is 3.74. The summed E-state index contributed by atoms with van der Waals surface area (Å²) < 4.78 is 24.9. The van der Waals surface area contributed by atoms with Gasteiger partial charge in [-0.2, -0.15) is 5.10 Å². The van der Waals surface area contributed by atoms with Gasteiger partial charge in [-0.1, -0.05) is 35.5 Å². The highest BCUT2D eigenvalue weighted by Gasteiger charge is 2.35. The van der Waals surface area contributed by atoms with E-state index >= 15 is 0 Å². The molecular weight excluding hydrogens is 610 g/mol. The lowest BCUT2D eigenvalue weighted by Crippen LogP contribution is -2.41. The van der Waals surface area contributed by atoms with E-state index in [1.165, 1.54) is 0 Å². The van der Waals surface area contributed by atoms with E-state index < -0.39 is 0 Å². The van der Waals surface area contributed by atoms with Crippen molar-refractivity contribution in [3.63, 3.8) is 0 Å². The highest BCUT2D eigenvalue weighted by Crippen LogP contribution is 2.39. The van der Waals surface area contributed by atoms with Gasteiger partial charge in [-0.05, 0) is 79.8 Å². The van der Waals surface area contributed by atoms with Crippen LogP contribution in [0.15, 0.2) is 83.6 Å². The minimum Gasteiger partial charge on any atom is -0.494 e. The van der Waals surface area contributed by atoms with Crippen LogP contribution in [0.25, 0.3) is 5.69 Å². The predicted molar refractivity (Wildman–Crippen MR) is 177 cm³/mol. The second-order valence-corrected chi connectivity index (χ2v) is 12.0. The lowest BCUT2D eigenvalue weighted by molar-refractivity contribution is 0.0687. The zero-order valence-corrected chi connectivity index (χ0v) is 27.2. The summed E-state index contributed by atoms with van der Waals surface area (Å²) >= 11 is 0. The van der Waals surface area contributed by atoms with E-state index in [9.17, 15) is 9.59 Å². The zero-order chi connectivity index (χ0) is 33.2. The van der Waals surface area contributed by atoms with Crippen LogP contribution in [0.3, 0.4) is 0 Å². The SMILES string of the molecule is COc1ccccc1-n1cc(C(=O)N2CCCOc3cccc(c3)C3c4ccc(cc4CCN3C(=O)c3c(C)noc3C)OCC2)cn1. The first kappa shape index (κ1) is 31.0. The lowest BCUT2D eigenvalue weighted by atomic mass is 9.87. The van der Waals surface area contributed by atoms with Crippen molar-refractivity contribution in [2.75, 3.05) is 40.0 Å². The number of rotatable bonds is 4. The molecule has 0 saturated heterocycles. The molecule has 3 aliphatic heterocycles. The third kappa shape index (κ3) is 5.99. The van der Waals surface area contributed by atoms with Crippen molar-refractivity contribution >= 4 is 11.8 Å². The van der Waals surface area contributed by atoms with Crippen LogP contribution in [0, 0.1) is 13.8 Å². The number of hydrogen-bond donors (Lipinski definition) is 0. The summed E-state index contributed by atoms with van der Waals surface area (Å²) in [4.78, 5) is 31.4. The number of carbonyl (C=O) groups is 2. The van der Waals surface area contributed by atoms with Gasteiger partial charge in [0.15, 0.2) is 0 Å². The fourth-order valence-corrected chi connectivity index (χ4v) is 6.58. The molecule has 0 N–H and O–H groups in total. The van der Waals surface area contributed by atoms with Crippen LogP contribution in [-0.2, 0) is 6.42 Å². The number of carbonyl (C=O) groups excluding carboxylic acids is 2. The second kappa shape index (κ2) is 13.3. The molecule has 6 bridgehead atoms. The Morgan fingerprint density at radius 2 is 1.73 bits per heavy atom. The van der Waals surface area contributed by atoms with Crippen molar-refractivity contribution in [2.24, 2.45) is 0 Å². The van der Waals surface area contributed by atoms with E-state index in [-0.39, 0.29) is 17.9 Å². The summed E-state index contributed by atoms with van der Waals surface area (Å²) in [7, 11) is 1.61. The molecule has 48 heavy (non-hydrogen) atoms. The molecule has 1 atom stereocenters. The van der Waals surface area contributed by atoms with E-state index in [4.69, 9.17) is 18.7 Å². The minimum absolute atomic E-state index is 0.110. The van der Waals surface area contributed by atoms with Gasteiger partial charge in [-0.25, -0.2) is 4.68 Å². The number of ether oxygens (including phenoxy) is 3. The number of nitrogens with zero attached hydrogens (tertiary/aromatic N) is 5. The summed E-state index contributed by atoms with van der Waals surface area (Å²) in [6, 6.07) is 21.1. The van der Waals surface area contributed by atoms with Gasteiger partial charge in [0, 0.05) is 19.3 Å². The maximum Gasteiger partial charge on any atom is 0.260 e. The highest BCUT2D eigenvalue weighted by atomic mass is 16.5. The van der Waals surface area contributed by atoms with Crippen molar-refractivity contribution in [1.82, 2.24) is 24.7 Å². The molecule has 5 aromatic rings. The van der Waals surface area contributed by atoms with Crippen LogP contribution in [-0.4, -0.2) is 76.5 Å². The molecule has 0 fully saturated rings. The molecule has 3 aliphatic rings. The normalized spacial score (nSPS) is 16.3. The number of para-hydroxylation sites is 2. The number of fused-ring (bicyclic) bond motifs is 8. The van der Waals surface area contributed by atoms with Gasteiger partial charge in [0.05, 0.1) is 43.8 Å². The van der Waals surface area contributed by atoms with E-state index in [1.807, 2.05) is 65.6 Å². The van der Waals surface area contributed by atoms with Crippen LogP contribution >= 0.6 is 0 Å². The van der Waals surface area contributed by atoms with Crippen molar-refractivity contribution < 1.29 is 28.3 Å². The molecule has 0 spiro atoms. The van der Waals surface area contributed by atoms with Crippen LogP contribution < -0.4 is 14.2 Å². The fourth-order valence-electron chi connectivity index (χ4n) is 6.58. The molecule has 0 aliphatic carbocycles. The van der Waals surface area contributed by atoms with E-state index in [2.05, 4.69) is 16.3 Å². The Hall–Kier alpha value is -5.58. The second-order valence-electron chi connectivity index (χ2n) is 12.0. The number of hydrogen-bond acceptors (Lipinski definition) is 8.